The highest BCUT2D eigenvalue weighted by Crippen LogP contribution is 2.38. The molecule has 0 saturated heterocycles. The van der Waals surface area contributed by atoms with Crippen LogP contribution >= 0.6 is 23.1 Å². The van der Waals surface area contributed by atoms with Crippen LogP contribution in [0.15, 0.2) is 16.5 Å². The molecule has 2 aromatic rings. The van der Waals surface area contributed by atoms with Gasteiger partial charge in [0, 0.05) is 17.2 Å². The van der Waals surface area contributed by atoms with Crippen molar-refractivity contribution in [2.75, 3.05) is 11.9 Å². The number of fused-ring (bicyclic) bond motifs is 1. The molecule has 5 heteroatoms. The zero-order valence-corrected chi connectivity index (χ0v) is 12.1. The van der Waals surface area contributed by atoms with Crippen LogP contribution in [0, 0.1) is 0 Å². The Morgan fingerprint density at radius 1 is 1.39 bits per heavy atom. The van der Waals surface area contributed by atoms with Gasteiger partial charge in [0.25, 0.3) is 0 Å². The summed E-state index contributed by atoms with van der Waals surface area (Å²) in [5, 5.41) is 8.46. The molecule has 1 fully saturated rings. The third-order valence-corrected chi connectivity index (χ3v) is 5.35. The minimum Gasteiger partial charge on any atom is -0.354 e. The molecule has 0 bridgehead atoms. The fourth-order valence-corrected chi connectivity index (χ4v) is 4.46. The molecule has 0 spiro atoms. The molecule has 0 unspecified atom stereocenters. The van der Waals surface area contributed by atoms with Crippen molar-refractivity contribution in [2.45, 2.75) is 42.9 Å². The van der Waals surface area contributed by atoms with E-state index in [0.29, 0.717) is 0 Å². The van der Waals surface area contributed by atoms with Crippen LogP contribution in [0.1, 0.15) is 32.6 Å². The van der Waals surface area contributed by atoms with Crippen molar-refractivity contribution in [1.82, 2.24) is 9.97 Å². The molecule has 0 aliphatic heterocycles. The fourth-order valence-electron chi connectivity index (χ4n) is 2.32. The molecule has 0 atom stereocenters. The zero-order valence-electron chi connectivity index (χ0n) is 10.5. The van der Waals surface area contributed by atoms with Crippen molar-refractivity contribution in [3.05, 3.63) is 11.4 Å². The number of nitrogens with one attached hydrogen (secondary N) is 1. The zero-order chi connectivity index (χ0) is 12.4. The Morgan fingerprint density at radius 2 is 2.22 bits per heavy atom. The molecule has 18 heavy (non-hydrogen) atoms. The van der Waals surface area contributed by atoms with Crippen LogP contribution in [-0.2, 0) is 0 Å². The summed E-state index contributed by atoms with van der Waals surface area (Å²) in [5.41, 5.74) is 0. The molecule has 0 amide bonds. The second kappa shape index (κ2) is 5.45. The summed E-state index contributed by atoms with van der Waals surface area (Å²) >= 11 is 3.64. The van der Waals surface area contributed by atoms with Crippen molar-refractivity contribution >= 4 is 39.3 Å². The molecule has 2 aromatic heterocycles. The van der Waals surface area contributed by atoms with Gasteiger partial charge in [0.2, 0.25) is 5.95 Å². The number of aromatic nitrogens is 2. The van der Waals surface area contributed by atoms with E-state index in [0.717, 1.165) is 27.6 Å². The standard InChI is InChI=1S/C13H17N3S2/c1-2-14-13-15-11-10(7-8-17-11)12(16-13)18-9-5-3-4-6-9/h7-9H,2-6H2,1H3,(H,14,15,16). The lowest BCUT2D eigenvalue weighted by Crippen LogP contribution is -2.03. The first-order chi connectivity index (χ1) is 8.86. The Hall–Kier alpha value is -0.810. The third kappa shape index (κ3) is 2.47. The number of rotatable bonds is 4. The Bertz CT molecular complexity index is 532. The van der Waals surface area contributed by atoms with Crippen molar-refractivity contribution in [2.24, 2.45) is 0 Å². The highest BCUT2D eigenvalue weighted by Gasteiger charge is 2.19. The quantitative estimate of drug-likeness (QED) is 0.853. The largest absolute Gasteiger partial charge is 0.354 e. The smallest absolute Gasteiger partial charge is 0.225 e. The number of thioether (sulfide) groups is 1. The van der Waals surface area contributed by atoms with Crippen molar-refractivity contribution in [3.8, 4) is 0 Å². The monoisotopic (exact) mass is 279 g/mol. The molecular weight excluding hydrogens is 262 g/mol. The summed E-state index contributed by atoms with van der Waals surface area (Å²) in [4.78, 5) is 10.3. The lowest BCUT2D eigenvalue weighted by atomic mass is 10.4. The lowest BCUT2D eigenvalue weighted by Gasteiger charge is -2.10. The molecule has 2 heterocycles. The minimum atomic E-state index is 0.748. The Balaban J connectivity index is 1.93. The van der Waals surface area contributed by atoms with Gasteiger partial charge in [0.1, 0.15) is 9.86 Å². The van der Waals surface area contributed by atoms with Crippen LogP contribution in [0.25, 0.3) is 10.2 Å². The van der Waals surface area contributed by atoms with Gasteiger partial charge in [-0.3, -0.25) is 0 Å². The van der Waals surface area contributed by atoms with Crippen molar-refractivity contribution in [3.63, 3.8) is 0 Å². The maximum atomic E-state index is 4.67. The van der Waals surface area contributed by atoms with E-state index in [1.807, 2.05) is 11.8 Å². The lowest BCUT2D eigenvalue weighted by molar-refractivity contribution is 0.886. The number of thiophene rings is 1. The normalized spacial score (nSPS) is 16.5. The van der Waals surface area contributed by atoms with Gasteiger partial charge in [-0.1, -0.05) is 12.8 Å². The minimum absolute atomic E-state index is 0.748. The van der Waals surface area contributed by atoms with Gasteiger partial charge in [-0.25, -0.2) is 9.97 Å². The van der Waals surface area contributed by atoms with E-state index in [4.69, 9.17) is 0 Å². The van der Waals surface area contributed by atoms with Gasteiger partial charge in [-0.05, 0) is 31.2 Å². The summed E-state index contributed by atoms with van der Waals surface area (Å²) < 4.78 is 0. The Morgan fingerprint density at radius 3 is 3.00 bits per heavy atom. The summed E-state index contributed by atoms with van der Waals surface area (Å²) in [5.74, 6) is 0.771. The molecule has 1 saturated carbocycles. The van der Waals surface area contributed by atoms with E-state index in [9.17, 15) is 0 Å². The fraction of sp³-hybridized carbons (Fsp3) is 0.538. The van der Waals surface area contributed by atoms with Gasteiger partial charge >= 0.3 is 0 Å². The molecule has 0 aromatic carbocycles. The van der Waals surface area contributed by atoms with Gasteiger partial charge in [0.15, 0.2) is 0 Å². The van der Waals surface area contributed by atoms with Gasteiger partial charge in [-0.15, -0.1) is 23.1 Å². The van der Waals surface area contributed by atoms with E-state index in [2.05, 4.69) is 33.7 Å². The van der Waals surface area contributed by atoms with Crippen LogP contribution < -0.4 is 5.32 Å². The van der Waals surface area contributed by atoms with Crippen molar-refractivity contribution in [1.29, 1.82) is 0 Å². The average molecular weight is 279 g/mol. The maximum Gasteiger partial charge on any atom is 0.225 e. The number of hydrogen-bond donors (Lipinski definition) is 1. The molecule has 0 radical (unpaired) electrons. The van der Waals surface area contributed by atoms with Crippen LogP contribution in [-0.4, -0.2) is 21.8 Å². The Labute approximate surface area is 115 Å². The third-order valence-electron chi connectivity index (χ3n) is 3.21. The summed E-state index contributed by atoms with van der Waals surface area (Å²) in [6.45, 7) is 2.94. The SMILES string of the molecule is CCNc1nc(SC2CCCC2)c2ccsc2n1. The first-order valence-electron chi connectivity index (χ1n) is 6.52. The molecule has 3 rings (SSSR count). The first-order valence-corrected chi connectivity index (χ1v) is 8.28. The molecular formula is C13H17N3S2. The molecule has 3 nitrogen and oxygen atoms in total. The highest BCUT2D eigenvalue weighted by molar-refractivity contribution is 8.00. The second-order valence-electron chi connectivity index (χ2n) is 4.55. The molecule has 96 valence electrons. The summed E-state index contributed by atoms with van der Waals surface area (Å²) in [7, 11) is 0. The molecule has 1 N–H and O–H groups in total. The van der Waals surface area contributed by atoms with Crippen LogP contribution in [0.2, 0.25) is 0 Å². The van der Waals surface area contributed by atoms with Gasteiger partial charge in [0.05, 0.1) is 0 Å². The van der Waals surface area contributed by atoms with E-state index >= 15 is 0 Å². The molecule has 1 aliphatic rings. The highest BCUT2D eigenvalue weighted by atomic mass is 32.2. The van der Waals surface area contributed by atoms with E-state index in [1.54, 1.807) is 11.3 Å². The van der Waals surface area contributed by atoms with Gasteiger partial charge in [-0.2, -0.15) is 0 Å². The second-order valence-corrected chi connectivity index (χ2v) is 6.73. The number of nitrogens with zero attached hydrogens (tertiary/aromatic N) is 2. The first kappa shape index (κ1) is 12.2. The molecule has 1 aliphatic carbocycles. The number of hydrogen-bond acceptors (Lipinski definition) is 5. The van der Waals surface area contributed by atoms with Crippen LogP contribution in [0.4, 0.5) is 5.95 Å². The number of anilines is 1. The summed E-state index contributed by atoms with van der Waals surface area (Å²) in [6.07, 6.45) is 5.40. The van der Waals surface area contributed by atoms with Crippen molar-refractivity contribution < 1.29 is 0 Å². The van der Waals surface area contributed by atoms with E-state index in [-0.39, 0.29) is 0 Å². The van der Waals surface area contributed by atoms with Gasteiger partial charge < -0.3 is 5.32 Å². The average Bonchev–Trinajstić information content (AvgIpc) is 2.99. The predicted octanol–water partition coefficient (Wildman–Crippen LogP) is 4.16. The van der Waals surface area contributed by atoms with Crippen LogP contribution in [0.5, 0.6) is 0 Å². The topological polar surface area (TPSA) is 37.8 Å². The van der Waals surface area contributed by atoms with E-state index in [1.165, 1.54) is 31.1 Å². The Kier molecular flexibility index (Phi) is 3.70. The maximum absolute atomic E-state index is 4.67. The van der Waals surface area contributed by atoms with Crippen LogP contribution in [0.3, 0.4) is 0 Å². The predicted molar refractivity (Wildman–Crippen MR) is 79.7 cm³/mol. The van der Waals surface area contributed by atoms with E-state index < -0.39 is 0 Å². The summed E-state index contributed by atoms with van der Waals surface area (Å²) in [6, 6.07) is 2.15.